The maximum Gasteiger partial charge on any atom is 0.318 e. The van der Waals surface area contributed by atoms with Crippen LogP contribution in [0.15, 0.2) is 54.6 Å². The van der Waals surface area contributed by atoms with Gasteiger partial charge in [-0.15, -0.1) is 0 Å². The molecule has 1 N–H and O–H groups in total. The van der Waals surface area contributed by atoms with Gasteiger partial charge in [0.05, 0.1) is 42.6 Å². The van der Waals surface area contributed by atoms with Crippen molar-refractivity contribution in [2.75, 3.05) is 0 Å². The van der Waals surface area contributed by atoms with Crippen molar-refractivity contribution in [2.24, 2.45) is 0 Å². The Morgan fingerprint density at radius 3 is 2.38 bits per heavy atom. The van der Waals surface area contributed by atoms with Gasteiger partial charge >= 0.3 is 5.69 Å². The lowest BCUT2D eigenvalue weighted by molar-refractivity contribution is -0.394. The molecule has 0 saturated heterocycles. The minimum atomic E-state index is -0.812. The van der Waals surface area contributed by atoms with Gasteiger partial charge in [-0.1, -0.05) is 35.3 Å². The topological polar surface area (TPSA) is 148 Å². The van der Waals surface area contributed by atoms with E-state index in [1.165, 1.54) is 18.2 Å². The van der Waals surface area contributed by atoms with Gasteiger partial charge in [0.25, 0.3) is 5.69 Å². The van der Waals surface area contributed by atoms with Crippen LogP contribution in [0.4, 0.5) is 11.4 Å². The Balaban J connectivity index is 1.69. The highest BCUT2D eigenvalue weighted by molar-refractivity contribution is 6.37. The quantitative estimate of drug-likeness (QED) is 0.181. The number of nitro groups is 2. The van der Waals surface area contributed by atoms with E-state index in [-0.39, 0.29) is 27.1 Å². The summed E-state index contributed by atoms with van der Waals surface area (Å²) in [7, 11) is 0. The molecule has 1 heterocycles. The number of para-hydroxylation sites is 2. The standard InChI is InChI=1S/C22H11Cl2N5O5/c23-15-8-12(7-13(11-25)22-26-17-3-1-2-4-18(17)27-22)9-16(24)21(15)34-20-6-5-14(28(30)31)10-19(20)29(32)33/h1-10H,(H,26,27)/b13-7+. The molecule has 0 aliphatic heterocycles. The van der Waals surface area contributed by atoms with Crippen molar-refractivity contribution < 1.29 is 14.6 Å². The average Bonchev–Trinajstić information content (AvgIpc) is 3.23. The first kappa shape index (κ1) is 22.7. The van der Waals surface area contributed by atoms with Crippen LogP contribution >= 0.6 is 23.2 Å². The molecule has 0 fully saturated rings. The van der Waals surface area contributed by atoms with Crippen molar-refractivity contribution in [3.05, 3.63) is 96.3 Å². The number of non-ortho nitro benzene ring substituents is 1. The molecular formula is C22H11Cl2N5O5. The Labute approximate surface area is 200 Å². The number of aromatic nitrogens is 2. The Morgan fingerprint density at radius 2 is 1.76 bits per heavy atom. The predicted octanol–water partition coefficient (Wildman–Crippen LogP) is 6.54. The number of halogens is 2. The number of nitrogens with zero attached hydrogens (tertiary/aromatic N) is 4. The Kier molecular flexibility index (Phi) is 6.14. The number of aromatic amines is 1. The lowest BCUT2D eigenvalue weighted by Gasteiger charge is -2.11. The Bertz CT molecular complexity index is 1480. The number of hydrogen-bond acceptors (Lipinski definition) is 7. The third-order valence-corrected chi connectivity index (χ3v) is 5.22. The molecule has 3 aromatic carbocycles. The van der Waals surface area contributed by atoms with Crippen LogP contribution in [-0.2, 0) is 0 Å². The molecule has 168 valence electrons. The molecule has 0 spiro atoms. The van der Waals surface area contributed by atoms with Gasteiger partial charge in [-0.25, -0.2) is 4.98 Å². The lowest BCUT2D eigenvalue weighted by atomic mass is 10.1. The molecule has 12 heteroatoms. The molecule has 4 aromatic rings. The monoisotopic (exact) mass is 495 g/mol. The molecule has 0 radical (unpaired) electrons. The molecule has 4 rings (SSSR count). The molecule has 0 aliphatic rings. The maximum absolute atomic E-state index is 11.4. The Morgan fingerprint density at radius 1 is 1.06 bits per heavy atom. The van der Waals surface area contributed by atoms with Crippen molar-refractivity contribution in [3.63, 3.8) is 0 Å². The molecule has 0 atom stereocenters. The van der Waals surface area contributed by atoms with Crippen LogP contribution in [-0.4, -0.2) is 19.8 Å². The third-order valence-electron chi connectivity index (χ3n) is 4.66. The van der Waals surface area contributed by atoms with Gasteiger partial charge in [0.1, 0.15) is 11.9 Å². The minimum absolute atomic E-state index is 0.00768. The average molecular weight is 496 g/mol. The van der Waals surface area contributed by atoms with Gasteiger partial charge in [-0.2, -0.15) is 5.26 Å². The number of imidazole rings is 1. The normalized spacial score (nSPS) is 11.3. The highest BCUT2D eigenvalue weighted by atomic mass is 35.5. The van der Waals surface area contributed by atoms with Crippen LogP contribution in [0, 0.1) is 31.6 Å². The minimum Gasteiger partial charge on any atom is -0.447 e. The van der Waals surface area contributed by atoms with E-state index in [0.29, 0.717) is 16.9 Å². The first-order valence-electron chi connectivity index (χ1n) is 9.43. The lowest BCUT2D eigenvalue weighted by Crippen LogP contribution is -1.97. The number of nitro benzene ring substituents is 2. The smallest absolute Gasteiger partial charge is 0.318 e. The zero-order valence-electron chi connectivity index (χ0n) is 16.9. The van der Waals surface area contributed by atoms with Crippen LogP contribution in [0.2, 0.25) is 10.0 Å². The van der Waals surface area contributed by atoms with Gasteiger partial charge in [0.15, 0.2) is 5.75 Å². The van der Waals surface area contributed by atoms with E-state index >= 15 is 0 Å². The van der Waals surface area contributed by atoms with E-state index in [4.69, 9.17) is 27.9 Å². The zero-order valence-corrected chi connectivity index (χ0v) is 18.4. The van der Waals surface area contributed by atoms with E-state index in [9.17, 15) is 25.5 Å². The first-order chi connectivity index (χ1) is 16.3. The second kappa shape index (κ2) is 9.19. The second-order valence-electron chi connectivity index (χ2n) is 6.85. The molecule has 0 unspecified atom stereocenters. The number of ether oxygens (including phenoxy) is 1. The second-order valence-corrected chi connectivity index (χ2v) is 7.67. The van der Waals surface area contributed by atoms with Crippen molar-refractivity contribution in [1.82, 2.24) is 9.97 Å². The number of allylic oxidation sites excluding steroid dienone is 1. The summed E-state index contributed by atoms with van der Waals surface area (Å²) in [5.41, 5.74) is 1.06. The van der Waals surface area contributed by atoms with E-state index in [2.05, 4.69) is 16.0 Å². The number of H-pyrrole nitrogens is 1. The van der Waals surface area contributed by atoms with Crippen LogP contribution in [0.25, 0.3) is 22.7 Å². The zero-order chi connectivity index (χ0) is 24.4. The fourth-order valence-corrected chi connectivity index (χ4v) is 3.70. The fraction of sp³-hybridized carbons (Fsp3) is 0. The molecular weight excluding hydrogens is 485 g/mol. The summed E-state index contributed by atoms with van der Waals surface area (Å²) in [6.07, 6.45) is 1.52. The van der Waals surface area contributed by atoms with Gasteiger partial charge in [-0.3, -0.25) is 20.2 Å². The van der Waals surface area contributed by atoms with E-state index in [1.54, 1.807) is 0 Å². The Hall–Kier alpha value is -4.46. The number of benzene rings is 3. The maximum atomic E-state index is 11.4. The SMILES string of the molecule is N#C/C(=C\c1cc(Cl)c(Oc2ccc([N+](=O)[O-])cc2[N+](=O)[O-])c(Cl)c1)c1nc2ccccc2[nH]1. The number of fused-ring (bicyclic) bond motifs is 1. The van der Waals surface area contributed by atoms with Crippen LogP contribution in [0.3, 0.4) is 0 Å². The van der Waals surface area contributed by atoms with Crippen LogP contribution in [0.5, 0.6) is 11.5 Å². The summed E-state index contributed by atoms with van der Waals surface area (Å²) in [4.78, 5) is 28.2. The number of nitrogens with one attached hydrogen (secondary N) is 1. The first-order valence-corrected chi connectivity index (χ1v) is 10.2. The summed E-state index contributed by atoms with van der Waals surface area (Å²) in [5, 5.41) is 31.9. The highest BCUT2D eigenvalue weighted by Gasteiger charge is 2.23. The number of rotatable bonds is 6. The van der Waals surface area contributed by atoms with E-state index in [0.717, 1.165) is 23.7 Å². The molecule has 34 heavy (non-hydrogen) atoms. The van der Waals surface area contributed by atoms with Gasteiger partial charge in [0, 0.05) is 6.07 Å². The van der Waals surface area contributed by atoms with Crippen molar-refractivity contribution in [3.8, 4) is 17.6 Å². The van der Waals surface area contributed by atoms with Crippen LogP contribution < -0.4 is 4.74 Å². The summed E-state index contributed by atoms with van der Waals surface area (Å²) < 4.78 is 5.55. The number of hydrogen-bond donors (Lipinski definition) is 1. The molecule has 0 bridgehead atoms. The fourth-order valence-electron chi connectivity index (χ4n) is 3.12. The molecule has 0 aliphatic carbocycles. The van der Waals surface area contributed by atoms with E-state index < -0.39 is 21.2 Å². The van der Waals surface area contributed by atoms with Crippen molar-refractivity contribution in [1.29, 1.82) is 5.26 Å². The summed E-state index contributed by atoms with van der Waals surface area (Å²) in [5.74, 6) is 0.000129. The largest absolute Gasteiger partial charge is 0.447 e. The summed E-state index contributed by atoms with van der Waals surface area (Å²) >= 11 is 12.6. The van der Waals surface area contributed by atoms with Gasteiger partial charge in [0.2, 0.25) is 5.75 Å². The molecule has 10 nitrogen and oxygen atoms in total. The highest BCUT2D eigenvalue weighted by Crippen LogP contribution is 2.41. The molecule has 0 amide bonds. The van der Waals surface area contributed by atoms with E-state index in [1.807, 2.05) is 24.3 Å². The summed E-state index contributed by atoms with van der Waals surface area (Å²) in [6, 6.07) is 15.2. The predicted molar refractivity (Wildman–Crippen MR) is 126 cm³/mol. The summed E-state index contributed by atoms with van der Waals surface area (Å²) in [6.45, 7) is 0. The van der Waals surface area contributed by atoms with Gasteiger partial charge < -0.3 is 9.72 Å². The van der Waals surface area contributed by atoms with Crippen molar-refractivity contribution in [2.45, 2.75) is 0 Å². The van der Waals surface area contributed by atoms with Crippen LogP contribution in [0.1, 0.15) is 11.4 Å². The number of nitriles is 1. The third kappa shape index (κ3) is 4.52. The van der Waals surface area contributed by atoms with Gasteiger partial charge in [-0.05, 0) is 42.0 Å². The van der Waals surface area contributed by atoms with Crippen molar-refractivity contribution >= 4 is 57.3 Å². The molecule has 1 aromatic heterocycles. The molecule has 0 saturated carbocycles.